The van der Waals surface area contributed by atoms with Crippen molar-refractivity contribution in [1.29, 1.82) is 0 Å². The van der Waals surface area contributed by atoms with Crippen molar-refractivity contribution in [3.63, 3.8) is 0 Å². The Morgan fingerprint density at radius 2 is 1.81 bits per heavy atom. The molecular formula is C11H17ClNO2P. The quantitative estimate of drug-likeness (QED) is 0.813. The largest absolute Gasteiger partial charge is 0.422 e. The van der Waals surface area contributed by atoms with Crippen molar-refractivity contribution in [1.82, 2.24) is 5.09 Å². The number of halogens is 1. The van der Waals surface area contributed by atoms with E-state index in [1.807, 2.05) is 26.8 Å². The topological polar surface area (TPSA) is 38.3 Å². The Morgan fingerprint density at radius 3 is 2.31 bits per heavy atom. The van der Waals surface area contributed by atoms with Crippen LogP contribution in [0.5, 0.6) is 5.75 Å². The highest BCUT2D eigenvalue weighted by Crippen LogP contribution is 2.48. The van der Waals surface area contributed by atoms with Crippen LogP contribution in [0.4, 0.5) is 0 Å². The van der Waals surface area contributed by atoms with Gasteiger partial charge in [-0.05, 0) is 25.0 Å². The molecule has 0 aliphatic carbocycles. The minimum Gasteiger partial charge on any atom is -0.422 e. The van der Waals surface area contributed by atoms with Gasteiger partial charge in [0.05, 0.1) is 0 Å². The second-order valence-corrected chi connectivity index (χ2v) is 6.78. The van der Waals surface area contributed by atoms with Crippen LogP contribution < -0.4 is 9.61 Å². The van der Waals surface area contributed by atoms with Gasteiger partial charge in [0.25, 0.3) is 0 Å². The van der Waals surface area contributed by atoms with Crippen molar-refractivity contribution in [3.05, 3.63) is 30.3 Å². The van der Waals surface area contributed by atoms with Crippen LogP contribution in [-0.4, -0.2) is 6.04 Å². The van der Waals surface area contributed by atoms with Gasteiger partial charge in [-0.25, -0.2) is 9.65 Å². The summed E-state index contributed by atoms with van der Waals surface area (Å²) in [5.74, 6) is 0.843. The van der Waals surface area contributed by atoms with Crippen LogP contribution in [0.1, 0.15) is 20.8 Å². The lowest BCUT2D eigenvalue weighted by molar-refractivity contribution is 0.437. The molecule has 0 aromatic heterocycles. The lowest BCUT2D eigenvalue weighted by Crippen LogP contribution is -2.28. The first-order valence-electron chi connectivity index (χ1n) is 5.23. The highest BCUT2D eigenvalue weighted by Gasteiger charge is 2.24. The Bertz CT molecular complexity index is 370. The molecule has 1 N–H and O–H groups in total. The summed E-state index contributed by atoms with van der Waals surface area (Å²) in [6.45, 7) is 2.67. The van der Waals surface area contributed by atoms with Gasteiger partial charge in [0.15, 0.2) is 0 Å². The zero-order valence-corrected chi connectivity index (χ0v) is 11.3. The second-order valence-electron chi connectivity index (χ2n) is 4.05. The average Bonchev–Trinajstić information content (AvgIpc) is 2.17. The molecule has 0 amide bonds. The van der Waals surface area contributed by atoms with E-state index in [0.29, 0.717) is 11.7 Å². The molecule has 0 spiro atoms. The van der Waals surface area contributed by atoms with Crippen LogP contribution in [0.3, 0.4) is 0 Å². The van der Waals surface area contributed by atoms with E-state index in [2.05, 4.69) is 5.09 Å². The first-order chi connectivity index (χ1) is 7.41. The summed E-state index contributed by atoms with van der Waals surface area (Å²) in [5, 5.41) is 2.80. The molecule has 0 saturated carbocycles. The van der Waals surface area contributed by atoms with E-state index < -0.39 is 6.87 Å². The zero-order chi connectivity index (χ0) is 12.2. The molecule has 1 aromatic carbocycles. The van der Waals surface area contributed by atoms with Crippen molar-refractivity contribution in [3.8, 4) is 5.75 Å². The fraction of sp³-hybridized carbons (Fsp3) is 0.455. The van der Waals surface area contributed by atoms with E-state index in [1.54, 1.807) is 24.3 Å². The van der Waals surface area contributed by atoms with Gasteiger partial charge >= 0.3 is 6.87 Å². The van der Waals surface area contributed by atoms with E-state index in [1.165, 1.54) is 0 Å². The van der Waals surface area contributed by atoms with Crippen LogP contribution in [-0.2, 0) is 4.57 Å². The summed E-state index contributed by atoms with van der Waals surface area (Å²) in [6.07, 6.45) is 0. The van der Waals surface area contributed by atoms with Crippen molar-refractivity contribution in [2.24, 2.45) is 5.92 Å². The Morgan fingerprint density at radius 1 is 1.25 bits per heavy atom. The molecule has 1 rings (SSSR count). The standard InChI is InChI=1S/C11H17ClNO2P/c1-9(2)10(3)13-16(12,14)15-11-7-5-4-6-8-11/h4-10H,1-3H3,(H,13,14). The monoisotopic (exact) mass is 261 g/mol. The van der Waals surface area contributed by atoms with Gasteiger partial charge in [-0.1, -0.05) is 32.0 Å². The molecule has 0 radical (unpaired) electrons. The van der Waals surface area contributed by atoms with Gasteiger partial charge in [0.2, 0.25) is 0 Å². The van der Waals surface area contributed by atoms with Crippen molar-refractivity contribution < 1.29 is 9.09 Å². The number of hydrogen-bond donors (Lipinski definition) is 1. The van der Waals surface area contributed by atoms with Crippen LogP contribution in [0, 0.1) is 5.92 Å². The van der Waals surface area contributed by atoms with Gasteiger partial charge in [0, 0.05) is 17.3 Å². The Labute approximate surface area is 101 Å². The third-order valence-electron chi connectivity index (χ3n) is 2.32. The molecule has 16 heavy (non-hydrogen) atoms. The summed E-state index contributed by atoms with van der Waals surface area (Å²) in [6, 6.07) is 8.94. The summed E-state index contributed by atoms with van der Waals surface area (Å²) >= 11 is 5.83. The van der Waals surface area contributed by atoms with Crippen molar-refractivity contribution in [2.75, 3.05) is 0 Å². The molecule has 0 fully saturated rings. The number of nitrogens with one attached hydrogen (secondary N) is 1. The van der Waals surface area contributed by atoms with Crippen molar-refractivity contribution >= 4 is 18.1 Å². The summed E-state index contributed by atoms with van der Waals surface area (Å²) < 4.78 is 17.2. The third-order valence-corrected chi connectivity index (χ3v) is 3.98. The van der Waals surface area contributed by atoms with Gasteiger partial charge < -0.3 is 4.52 Å². The van der Waals surface area contributed by atoms with Crippen LogP contribution in [0.2, 0.25) is 0 Å². The zero-order valence-electron chi connectivity index (χ0n) is 9.68. The predicted molar refractivity (Wildman–Crippen MR) is 68.0 cm³/mol. The van der Waals surface area contributed by atoms with E-state index in [-0.39, 0.29) is 6.04 Å². The molecule has 0 heterocycles. The van der Waals surface area contributed by atoms with E-state index in [4.69, 9.17) is 15.8 Å². The molecule has 3 nitrogen and oxygen atoms in total. The Balaban J connectivity index is 2.62. The van der Waals surface area contributed by atoms with Crippen molar-refractivity contribution in [2.45, 2.75) is 26.8 Å². The summed E-state index contributed by atoms with van der Waals surface area (Å²) in [7, 11) is 0. The fourth-order valence-corrected chi connectivity index (χ4v) is 2.97. The number of para-hydroxylation sites is 1. The van der Waals surface area contributed by atoms with Crippen LogP contribution in [0.15, 0.2) is 30.3 Å². The van der Waals surface area contributed by atoms with Gasteiger partial charge in [-0.2, -0.15) is 0 Å². The molecule has 0 aliphatic rings. The molecule has 0 saturated heterocycles. The van der Waals surface area contributed by atoms with Gasteiger partial charge in [0.1, 0.15) is 5.75 Å². The van der Waals surface area contributed by atoms with Gasteiger partial charge in [-0.15, -0.1) is 0 Å². The maximum absolute atomic E-state index is 11.9. The first kappa shape index (κ1) is 13.6. The van der Waals surface area contributed by atoms with Gasteiger partial charge in [-0.3, -0.25) is 0 Å². The van der Waals surface area contributed by atoms with Crippen LogP contribution in [0.25, 0.3) is 0 Å². The van der Waals surface area contributed by atoms with E-state index in [9.17, 15) is 4.57 Å². The highest BCUT2D eigenvalue weighted by molar-refractivity contribution is 7.84. The molecular weight excluding hydrogens is 245 g/mol. The number of rotatable bonds is 5. The van der Waals surface area contributed by atoms with E-state index >= 15 is 0 Å². The smallest absolute Gasteiger partial charge is 0.409 e. The third kappa shape index (κ3) is 4.56. The lowest BCUT2D eigenvalue weighted by Gasteiger charge is -2.21. The molecule has 2 atom stereocenters. The fourth-order valence-electron chi connectivity index (χ4n) is 1.04. The minimum atomic E-state index is -3.30. The molecule has 5 heteroatoms. The summed E-state index contributed by atoms with van der Waals surface area (Å²) in [4.78, 5) is 0. The predicted octanol–water partition coefficient (Wildman–Crippen LogP) is 4.05. The highest BCUT2D eigenvalue weighted by atomic mass is 35.7. The van der Waals surface area contributed by atoms with E-state index in [0.717, 1.165) is 0 Å². The Kier molecular flexibility index (Phi) is 4.85. The molecule has 0 aliphatic heterocycles. The molecule has 0 bridgehead atoms. The molecule has 2 unspecified atom stereocenters. The maximum Gasteiger partial charge on any atom is 0.409 e. The first-order valence-corrected chi connectivity index (χ1v) is 7.76. The second kappa shape index (κ2) is 5.72. The molecule has 90 valence electrons. The number of hydrogen-bond acceptors (Lipinski definition) is 2. The number of benzene rings is 1. The minimum absolute atomic E-state index is 0.0343. The average molecular weight is 262 g/mol. The normalized spacial score (nSPS) is 16.8. The Hall–Kier alpha value is -0.500. The van der Waals surface area contributed by atoms with Crippen LogP contribution >= 0.6 is 18.1 Å². The SMILES string of the molecule is CC(C)C(C)NP(=O)(Cl)Oc1ccccc1. The molecule has 1 aromatic rings. The maximum atomic E-state index is 11.9. The lowest BCUT2D eigenvalue weighted by atomic mass is 10.1. The summed E-state index contributed by atoms with van der Waals surface area (Å²) in [5.41, 5.74) is 0.